The maximum Gasteiger partial charge on any atom is 0.261 e. The molecule has 0 radical (unpaired) electrons. The molecule has 0 saturated heterocycles. The first-order chi connectivity index (χ1) is 11.3. The zero-order valence-electron chi connectivity index (χ0n) is 12.5. The molecular formula is C19H16N2O2. The quantitative estimate of drug-likeness (QED) is 0.887. The summed E-state index contributed by atoms with van der Waals surface area (Å²) in [6.07, 6.45) is 4.65. The number of nitrogens with zero attached hydrogens (tertiary/aromatic N) is 1. The van der Waals surface area contributed by atoms with E-state index in [0.29, 0.717) is 24.1 Å². The maximum atomic E-state index is 12.4. The normalized spacial score (nSPS) is 18.6. The zero-order valence-corrected chi connectivity index (χ0v) is 12.5. The molecule has 23 heavy (non-hydrogen) atoms. The van der Waals surface area contributed by atoms with Gasteiger partial charge in [-0.15, -0.1) is 0 Å². The maximum absolute atomic E-state index is 12.4. The molecule has 1 N–H and O–H groups in total. The predicted molar refractivity (Wildman–Crippen MR) is 87.8 cm³/mol. The molecule has 1 unspecified atom stereocenters. The lowest BCUT2D eigenvalue weighted by Gasteiger charge is -2.25. The van der Waals surface area contributed by atoms with Crippen molar-refractivity contribution in [2.75, 3.05) is 6.54 Å². The van der Waals surface area contributed by atoms with Crippen molar-refractivity contribution in [3.8, 4) is 0 Å². The van der Waals surface area contributed by atoms with E-state index in [1.807, 2.05) is 24.4 Å². The zero-order chi connectivity index (χ0) is 15.8. The summed E-state index contributed by atoms with van der Waals surface area (Å²) in [6.45, 7) is 0.409. The summed E-state index contributed by atoms with van der Waals surface area (Å²) in [5.74, 6) is -0.379. The van der Waals surface area contributed by atoms with Crippen LogP contribution in [0.4, 0.5) is 0 Å². The van der Waals surface area contributed by atoms with Gasteiger partial charge in [0.25, 0.3) is 11.8 Å². The summed E-state index contributed by atoms with van der Waals surface area (Å²) >= 11 is 0. The summed E-state index contributed by atoms with van der Waals surface area (Å²) < 4.78 is 0. The molecule has 4 rings (SSSR count). The smallest absolute Gasteiger partial charge is 0.261 e. The van der Waals surface area contributed by atoms with Crippen molar-refractivity contribution in [3.63, 3.8) is 0 Å². The van der Waals surface area contributed by atoms with Gasteiger partial charge < -0.3 is 5.32 Å². The number of benzene rings is 2. The first-order valence-corrected chi connectivity index (χ1v) is 7.72. The molecule has 2 aromatic carbocycles. The summed E-state index contributed by atoms with van der Waals surface area (Å²) in [6, 6.07) is 15.3. The second kappa shape index (κ2) is 5.39. The fourth-order valence-electron chi connectivity index (χ4n) is 3.26. The van der Waals surface area contributed by atoms with Crippen molar-refractivity contribution >= 4 is 17.9 Å². The van der Waals surface area contributed by atoms with E-state index < -0.39 is 0 Å². The van der Waals surface area contributed by atoms with Crippen LogP contribution in [0, 0.1) is 0 Å². The lowest BCUT2D eigenvalue weighted by Crippen LogP contribution is -2.33. The van der Waals surface area contributed by atoms with Crippen molar-refractivity contribution in [3.05, 3.63) is 77.0 Å². The second-order valence-corrected chi connectivity index (χ2v) is 5.78. The highest BCUT2D eigenvalue weighted by atomic mass is 16.2. The van der Waals surface area contributed by atoms with Gasteiger partial charge in [-0.05, 0) is 42.0 Å². The summed E-state index contributed by atoms with van der Waals surface area (Å²) in [4.78, 5) is 26.1. The third kappa shape index (κ3) is 2.23. The molecule has 0 bridgehead atoms. The van der Waals surface area contributed by atoms with Crippen LogP contribution in [0.15, 0.2) is 54.7 Å². The fourth-order valence-corrected chi connectivity index (χ4v) is 3.26. The molecule has 2 aromatic rings. The molecule has 2 amide bonds. The lowest BCUT2D eigenvalue weighted by molar-refractivity contribution is 0.0648. The van der Waals surface area contributed by atoms with Crippen LogP contribution in [0.3, 0.4) is 0 Å². The molecule has 2 heterocycles. The lowest BCUT2D eigenvalue weighted by atomic mass is 9.95. The topological polar surface area (TPSA) is 49.4 Å². The van der Waals surface area contributed by atoms with Gasteiger partial charge in [0.2, 0.25) is 0 Å². The van der Waals surface area contributed by atoms with E-state index in [0.717, 1.165) is 0 Å². The molecule has 0 aliphatic carbocycles. The van der Waals surface area contributed by atoms with Gasteiger partial charge in [-0.25, -0.2) is 0 Å². The minimum absolute atomic E-state index is 0.112. The number of hydrogen-bond acceptors (Lipinski definition) is 3. The van der Waals surface area contributed by atoms with Crippen molar-refractivity contribution < 1.29 is 9.59 Å². The van der Waals surface area contributed by atoms with E-state index in [-0.39, 0.29) is 17.9 Å². The Morgan fingerprint density at radius 1 is 0.913 bits per heavy atom. The van der Waals surface area contributed by atoms with E-state index >= 15 is 0 Å². The molecule has 4 heteroatoms. The average molecular weight is 304 g/mol. The van der Waals surface area contributed by atoms with Crippen molar-refractivity contribution in [2.24, 2.45) is 0 Å². The monoisotopic (exact) mass is 304 g/mol. The Morgan fingerprint density at radius 3 is 2.30 bits per heavy atom. The largest absolute Gasteiger partial charge is 0.384 e. The Labute approximate surface area is 134 Å². The van der Waals surface area contributed by atoms with Gasteiger partial charge in [0.1, 0.15) is 0 Å². The van der Waals surface area contributed by atoms with Crippen LogP contribution in [0.1, 0.15) is 44.3 Å². The molecule has 114 valence electrons. The minimum atomic E-state index is -0.190. The van der Waals surface area contributed by atoms with E-state index in [1.165, 1.54) is 16.0 Å². The second-order valence-electron chi connectivity index (χ2n) is 5.78. The van der Waals surface area contributed by atoms with Crippen LogP contribution in [0.25, 0.3) is 6.08 Å². The number of hydrogen-bond donors (Lipinski definition) is 1. The van der Waals surface area contributed by atoms with E-state index in [2.05, 4.69) is 17.4 Å². The SMILES string of the molecule is O=C1c2ccccc2C(=O)N1CCC1NC=Cc2ccccc21. The van der Waals surface area contributed by atoms with Gasteiger partial charge >= 0.3 is 0 Å². The third-order valence-corrected chi connectivity index (χ3v) is 4.45. The molecule has 2 aliphatic rings. The predicted octanol–water partition coefficient (Wildman–Crippen LogP) is 2.99. The Morgan fingerprint density at radius 2 is 1.57 bits per heavy atom. The number of fused-ring (bicyclic) bond motifs is 2. The van der Waals surface area contributed by atoms with Gasteiger partial charge in [-0.2, -0.15) is 0 Å². The number of rotatable bonds is 3. The average Bonchev–Trinajstić information content (AvgIpc) is 2.84. The van der Waals surface area contributed by atoms with Gasteiger partial charge in [0.15, 0.2) is 0 Å². The highest BCUT2D eigenvalue weighted by Gasteiger charge is 2.35. The molecule has 1 atom stereocenters. The van der Waals surface area contributed by atoms with E-state index in [4.69, 9.17) is 0 Å². The molecule has 0 fully saturated rings. The molecule has 0 saturated carbocycles. The number of carbonyl (C=O) groups is 2. The molecule has 0 spiro atoms. The Hall–Kier alpha value is -2.88. The van der Waals surface area contributed by atoms with Crippen LogP contribution in [0.5, 0.6) is 0 Å². The Kier molecular flexibility index (Phi) is 3.23. The first kappa shape index (κ1) is 13.8. The molecule has 0 aromatic heterocycles. The molecule has 2 aliphatic heterocycles. The molecular weight excluding hydrogens is 288 g/mol. The standard InChI is InChI=1S/C19H16N2O2/c22-18-15-7-3-4-8-16(15)19(23)21(18)12-10-17-14-6-2-1-5-13(14)9-11-20-17/h1-9,11,17,20H,10,12H2. The van der Waals surface area contributed by atoms with Crippen LogP contribution >= 0.6 is 0 Å². The van der Waals surface area contributed by atoms with Gasteiger partial charge in [-0.1, -0.05) is 36.4 Å². The Balaban J connectivity index is 1.52. The fraction of sp³-hybridized carbons (Fsp3) is 0.158. The summed E-state index contributed by atoms with van der Waals surface area (Å²) in [5, 5.41) is 3.32. The number of amides is 2. The van der Waals surface area contributed by atoms with Crippen molar-refractivity contribution in [2.45, 2.75) is 12.5 Å². The highest BCUT2D eigenvalue weighted by Crippen LogP contribution is 2.28. The third-order valence-electron chi connectivity index (χ3n) is 4.45. The van der Waals surface area contributed by atoms with Crippen molar-refractivity contribution in [1.29, 1.82) is 0 Å². The summed E-state index contributed by atoms with van der Waals surface area (Å²) in [5.41, 5.74) is 3.40. The van der Waals surface area contributed by atoms with E-state index in [9.17, 15) is 9.59 Å². The number of nitrogens with one attached hydrogen (secondary N) is 1. The number of carbonyl (C=O) groups excluding carboxylic acids is 2. The van der Waals surface area contributed by atoms with Gasteiger partial charge in [0.05, 0.1) is 17.2 Å². The van der Waals surface area contributed by atoms with Crippen LogP contribution in [-0.4, -0.2) is 23.3 Å². The number of imide groups is 1. The minimum Gasteiger partial charge on any atom is -0.384 e. The first-order valence-electron chi connectivity index (χ1n) is 7.72. The van der Waals surface area contributed by atoms with Crippen LogP contribution in [-0.2, 0) is 0 Å². The van der Waals surface area contributed by atoms with Gasteiger partial charge in [-0.3, -0.25) is 14.5 Å². The van der Waals surface area contributed by atoms with Crippen LogP contribution in [0.2, 0.25) is 0 Å². The highest BCUT2D eigenvalue weighted by molar-refractivity contribution is 6.21. The van der Waals surface area contributed by atoms with Gasteiger partial charge in [0, 0.05) is 6.54 Å². The Bertz CT molecular complexity index is 791. The van der Waals surface area contributed by atoms with E-state index in [1.54, 1.807) is 24.3 Å². The summed E-state index contributed by atoms with van der Waals surface area (Å²) in [7, 11) is 0. The van der Waals surface area contributed by atoms with Crippen LogP contribution < -0.4 is 5.32 Å². The molecule has 4 nitrogen and oxygen atoms in total. The van der Waals surface area contributed by atoms with Crippen molar-refractivity contribution in [1.82, 2.24) is 10.2 Å².